The molecular formula is C11H10O6S. The van der Waals surface area contributed by atoms with Crippen LogP contribution in [0.2, 0.25) is 0 Å². The number of aliphatic hydroxyl groups is 1. The van der Waals surface area contributed by atoms with Crippen molar-refractivity contribution in [3.05, 3.63) is 41.7 Å². The number of hydrogen-bond acceptors (Lipinski definition) is 5. The zero-order chi connectivity index (χ0) is 13.9. The number of carbonyl (C=O) groups excluding carboxylic acids is 1. The van der Waals surface area contributed by atoms with E-state index in [0.29, 0.717) is 6.08 Å². The predicted octanol–water partition coefficient (Wildman–Crippen LogP) is 0.799. The average Bonchev–Trinajstić information content (AvgIpc) is 2.27. The normalized spacial score (nSPS) is 12.2. The lowest BCUT2D eigenvalue weighted by Crippen LogP contribution is -2.04. The van der Waals surface area contributed by atoms with Gasteiger partial charge in [-0.05, 0) is 24.3 Å². The van der Waals surface area contributed by atoms with Crippen molar-refractivity contribution in [3.8, 4) is 0 Å². The number of allylic oxidation sites excluding steroid dienone is 1. The second-order valence-electron chi connectivity index (χ2n) is 3.50. The Labute approximate surface area is 103 Å². The standard InChI is InChI=1S/C11H10O6S/c1-18(16,17)8-4-2-7(3-5-8)9(12)6-10(13)11(14)15/h2-6,13H,1H3,(H,14,15)/b10-6+. The maximum atomic E-state index is 11.5. The number of aliphatic carboxylic acids is 1. The van der Waals surface area contributed by atoms with Gasteiger partial charge < -0.3 is 10.2 Å². The molecule has 0 amide bonds. The molecule has 0 aliphatic carbocycles. The van der Waals surface area contributed by atoms with Crippen molar-refractivity contribution in [2.75, 3.05) is 6.26 Å². The van der Waals surface area contributed by atoms with E-state index in [9.17, 15) is 18.0 Å². The molecule has 0 aliphatic rings. The monoisotopic (exact) mass is 270 g/mol. The summed E-state index contributed by atoms with van der Waals surface area (Å²) in [5.41, 5.74) is 0.0789. The van der Waals surface area contributed by atoms with E-state index < -0.39 is 27.3 Å². The van der Waals surface area contributed by atoms with Crippen LogP contribution in [0.25, 0.3) is 0 Å². The molecular weight excluding hydrogens is 260 g/mol. The Balaban J connectivity index is 3.04. The van der Waals surface area contributed by atoms with Gasteiger partial charge >= 0.3 is 5.97 Å². The van der Waals surface area contributed by atoms with Gasteiger partial charge in [0.2, 0.25) is 5.76 Å². The van der Waals surface area contributed by atoms with Gasteiger partial charge in [-0.15, -0.1) is 0 Å². The molecule has 0 fully saturated rings. The molecule has 1 aromatic rings. The number of carbonyl (C=O) groups is 2. The Kier molecular flexibility index (Phi) is 3.87. The zero-order valence-electron chi connectivity index (χ0n) is 9.32. The minimum Gasteiger partial charge on any atom is -0.502 e. The molecule has 18 heavy (non-hydrogen) atoms. The van der Waals surface area contributed by atoms with Crippen molar-refractivity contribution >= 4 is 21.6 Å². The van der Waals surface area contributed by atoms with Crippen molar-refractivity contribution < 1.29 is 28.2 Å². The summed E-state index contributed by atoms with van der Waals surface area (Å²) < 4.78 is 22.3. The van der Waals surface area contributed by atoms with Crippen molar-refractivity contribution in [2.45, 2.75) is 4.90 Å². The first-order valence-corrected chi connectivity index (χ1v) is 6.59. The third-order valence-electron chi connectivity index (χ3n) is 2.05. The second-order valence-corrected chi connectivity index (χ2v) is 5.51. The lowest BCUT2D eigenvalue weighted by Gasteiger charge is -2.00. The summed E-state index contributed by atoms with van der Waals surface area (Å²) in [7, 11) is -3.35. The highest BCUT2D eigenvalue weighted by molar-refractivity contribution is 7.90. The number of carboxylic acid groups (broad SMARTS) is 1. The molecule has 2 N–H and O–H groups in total. The minimum absolute atomic E-state index is 0.0467. The number of rotatable bonds is 4. The van der Waals surface area contributed by atoms with E-state index in [1.807, 2.05) is 0 Å². The van der Waals surface area contributed by atoms with E-state index in [-0.39, 0.29) is 10.5 Å². The van der Waals surface area contributed by atoms with Gasteiger partial charge in [-0.1, -0.05) is 0 Å². The molecule has 0 aromatic heterocycles. The Bertz CT molecular complexity index is 609. The highest BCUT2D eigenvalue weighted by atomic mass is 32.2. The molecule has 0 heterocycles. The molecule has 0 unspecified atom stereocenters. The summed E-state index contributed by atoms with van der Waals surface area (Å²) >= 11 is 0. The Morgan fingerprint density at radius 3 is 2.00 bits per heavy atom. The van der Waals surface area contributed by atoms with Crippen LogP contribution in [-0.4, -0.2) is 36.6 Å². The van der Waals surface area contributed by atoms with Gasteiger partial charge in [0, 0.05) is 17.9 Å². The molecule has 6 nitrogen and oxygen atoms in total. The van der Waals surface area contributed by atoms with Gasteiger partial charge in [0.15, 0.2) is 15.6 Å². The Morgan fingerprint density at radius 1 is 1.11 bits per heavy atom. The van der Waals surface area contributed by atoms with Crippen LogP contribution in [0.3, 0.4) is 0 Å². The van der Waals surface area contributed by atoms with Crippen LogP contribution >= 0.6 is 0 Å². The molecule has 0 spiro atoms. The van der Waals surface area contributed by atoms with Crippen molar-refractivity contribution in [2.24, 2.45) is 0 Å². The summed E-state index contributed by atoms with van der Waals surface area (Å²) in [4.78, 5) is 21.8. The van der Waals surface area contributed by atoms with Crippen molar-refractivity contribution in [1.82, 2.24) is 0 Å². The van der Waals surface area contributed by atoms with E-state index in [0.717, 1.165) is 6.26 Å². The van der Waals surface area contributed by atoms with Crippen LogP contribution < -0.4 is 0 Å². The van der Waals surface area contributed by atoms with E-state index in [1.54, 1.807) is 0 Å². The van der Waals surface area contributed by atoms with Crippen LogP contribution in [0, 0.1) is 0 Å². The summed E-state index contributed by atoms with van der Waals surface area (Å²) in [6, 6.07) is 4.94. The first-order valence-electron chi connectivity index (χ1n) is 4.70. The highest BCUT2D eigenvalue weighted by Crippen LogP contribution is 2.11. The van der Waals surface area contributed by atoms with Crippen LogP contribution in [0.4, 0.5) is 0 Å². The number of sulfone groups is 1. The fourth-order valence-electron chi connectivity index (χ4n) is 1.14. The van der Waals surface area contributed by atoms with Gasteiger partial charge in [-0.2, -0.15) is 0 Å². The minimum atomic E-state index is -3.35. The Morgan fingerprint density at radius 2 is 1.61 bits per heavy atom. The second kappa shape index (κ2) is 5.01. The maximum absolute atomic E-state index is 11.5. The lowest BCUT2D eigenvalue weighted by molar-refractivity contribution is -0.135. The molecule has 7 heteroatoms. The fourth-order valence-corrected chi connectivity index (χ4v) is 1.77. The number of carboxylic acids is 1. The first kappa shape index (κ1) is 13.9. The summed E-state index contributed by atoms with van der Waals surface area (Å²) in [5, 5.41) is 17.3. The van der Waals surface area contributed by atoms with Gasteiger partial charge in [0.1, 0.15) is 0 Å². The highest BCUT2D eigenvalue weighted by Gasteiger charge is 2.11. The maximum Gasteiger partial charge on any atom is 0.371 e. The van der Waals surface area contributed by atoms with Crippen LogP contribution in [0.15, 0.2) is 41.0 Å². The lowest BCUT2D eigenvalue weighted by atomic mass is 10.1. The summed E-state index contributed by atoms with van der Waals surface area (Å²) in [5.74, 6) is -3.42. The quantitative estimate of drug-likeness (QED) is 0.476. The summed E-state index contributed by atoms with van der Waals surface area (Å²) in [6.07, 6.45) is 1.58. The number of aliphatic hydroxyl groups excluding tert-OH is 1. The fraction of sp³-hybridized carbons (Fsp3) is 0.0909. The number of ketones is 1. The first-order chi connectivity index (χ1) is 8.21. The SMILES string of the molecule is CS(=O)(=O)c1ccc(C(=O)/C=C(/O)C(=O)O)cc1. The van der Waals surface area contributed by atoms with E-state index >= 15 is 0 Å². The number of hydrogen-bond donors (Lipinski definition) is 2. The van der Waals surface area contributed by atoms with Gasteiger partial charge in [-0.3, -0.25) is 4.79 Å². The molecule has 1 aromatic carbocycles. The van der Waals surface area contributed by atoms with Gasteiger partial charge in [-0.25, -0.2) is 13.2 Å². The largest absolute Gasteiger partial charge is 0.502 e. The predicted molar refractivity (Wildman–Crippen MR) is 62.2 cm³/mol. The van der Waals surface area contributed by atoms with E-state index in [2.05, 4.69) is 0 Å². The third kappa shape index (κ3) is 3.42. The zero-order valence-corrected chi connectivity index (χ0v) is 10.1. The third-order valence-corrected chi connectivity index (χ3v) is 3.18. The average molecular weight is 270 g/mol. The van der Waals surface area contributed by atoms with Crippen LogP contribution in [-0.2, 0) is 14.6 Å². The molecule has 0 atom stereocenters. The summed E-state index contributed by atoms with van der Waals surface area (Å²) in [6.45, 7) is 0. The van der Waals surface area contributed by atoms with E-state index in [4.69, 9.17) is 10.2 Å². The Hall–Kier alpha value is -2.15. The molecule has 0 saturated heterocycles. The van der Waals surface area contributed by atoms with Gasteiger partial charge in [0.25, 0.3) is 0 Å². The molecule has 0 aliphatic heterocycles. The van der Waals surface area contributed by atoms with Crippen molar-refractivity contribution in [1.29, 1.82) is 0 Å². The van der Waals surface area contributed by atoms with E-state index in [1.165, 1.54) is 24.3 Å². The molecule has 0 radical (unpaired) electrons. The van der Waals surface area contributed by atoms with Crippen molar-refractivity contribution in [3.63, 3.8) is 0 Å². The number of benzene rings is 1. The molecule has 0 saturated carbocycles. The smallest absolute Gasteiger partial charge is 0.371 e. The molecule has 1 rings (SSSR count). The van der Waals surface area contributed by atoms with Crippen LogP contribution in [0.1, 0.15) is 10.4 Å². The van der Waals surface area contributed by atoms with Gasteiger partial charge in [0.05, 0.1) is 4.90 Å². The van der Waals surface area contributed by atoms with Crippen LogP contribution in [0.5, 0.6) is 0 Å². The molecule has 96 valence electrons. The molecule has 0 bridgehead atoms. The topological polar surface area (TPSA) is 109 Å².